The summed E-state index contributed by atoms with van der Waals surface area (Å²) in [6, 6.07) is 4.03. The second kappa shape index (κ2) is 7.27. The van der Waals surface area contributed by atoms with Crippen molar-refractivity contribution in [1.82, 2.24) is 9.97 Å². The number of benzene rings is 1. The fraction of sp³-hybridized carbons (Fsp3) is 0.200. The Kier molecular flexibility index (Phi) is 5.15. The smallest absolute Gasteiger partial charge is 0.359 e. The topological polar surface area (TPSA) is 124 Å². The minimum Gasteiger partial charge on any atom is -0.451 e. The van der Waals surface area contributed by atoms with Gasteiger partial charge >= 0.3 is 5.97 Å². The molecule has 2 rings (SSSR count). The van der Waals surface area contributed by atoms with Crippen molar-refractivity contribution >= 4 is 23.3 Å². The van der Waals surface area contributed by atoms with Crippen molar-refractivity contribution in [2.45, 2.75) is 13.8 Å². The second-order valence-electron chi connectivity index (χ2n) is 4.92. The molecule has 0 radical (unpaired) electrons. The molecule has 0 spiro atoms. The Morgan fingerprint density at radius 3 is 2.58 bits per heavy atom. The van der Waals surface area contributed by atoms with Crippen LogP contribution in [0.4, 0.5) is 11.4 Å². The number of nitro benzene ring substituents is 1. The van der Waals surface area contributed by atoms with Gasteiger partial charge in [0, 0.05) is 24.0 Å². The van der Waals surface area contributed by atoms with Crippen LogP contribution < -0.4 is 5.32 Å². The average molecular weight is 330 g/mol. The first kappa shape index (κ1) is 17.0. The predicted octanol–water partition coefficient (Wildman–Crippen LogP) is 1.80. The number of nitro groups is 1. The molecule has 0 aliphatic rings. The molecule has 9 nitrogen and oxygen atoms in total. The summed E-state index contributed by atoms with van der Waals surface area (Å²) in [4.78, 5) is 41.4. The lowest BCUT2D eigenvalue weighted by atomic mass is 10.2. The van der Waals surface area contributed by atoms with Crippen LogP contribution in [-0.4, -0.2) is 33.4 Å². The van der Waals surface area contributed by atoms with Gasteiger partial charge in [-0.3, -0.25) is 19.9 Å². The monoisotopic (exact) mass is 330 g/mol. The van der Waals surface area contributed by atoms with E-state index in [4.69, 9.17) is 4.74 Å². The van der Waals surface area contributed by atoms with Crippen LogP contribution in [0.1, 0.15) is 21.7 Å². The van der Waals surface area contributed by atoms with Crippen molar-refractivity contribution in [2.24, 2.45) is 0 Å². The molecule has 0 aliphatic heterocycles. The third kappa shape index (κ3) is 4.32. The number of carbonyl (C=O) groups excluding carboxylic acids is 2. The second-order valence-corrected chi connectivity index (χ2v) is 4.92. The highest BCUT2D eigenvalue weighted by molar-refractivity contribution is 5.95. The molecule has 9 heteroatoms. The Labute approximate surface area is 136 Å². The molecule has 0 bridgehead atoms. The van der Waals surface area contributed by atoms with Crippen molar-refractivity contribution in [3.05, 3.63) is 57.7 Å². The molecule has 124 valence electrons. The van der Waals surface area contributed by atoms with Crippen LogP contribution in [-0.2, 0) is 9.53 Å². The molecular formula is C15H14N4O5. The average Bonchev–Trinajstić information content (AvgIpc) is 2.55. The van der Waals surface area contributed by atoms with Crippen molar-refractivity contribution in [3.63, 3.8) is 0 Å². The number of carbonyl (C=O) groups is 2. The molecule has 0 fully saturated rings. The Hall–Kier alpha value is -3.36. The quantitative estimate of drug-likeness (QED) is 0.503. The summed E-state index contributed by atoms with van der Waals surface area (Å²) in [5, 5.41) is 13.2. The molecule has 1 aromatic carbocycles. The highest BCUT2D eigenvalue weighted by Crippen LogP contribution is 2.21. The maximum Gasteiger partial charge on any atom is 0.359 e. The number of ether oxygens (including phenoxy) is 1. The first-order valence-electron chi connectivity index (χ1n) is 6.87. The van der Waals surface area contributed by atoms with Gasteiger partial charge in [-0.2, -0.15) is 0 Å². The van der Waals surface area contributed by atoms with Crippen LogP contribution >= 0.6 is 0 Å². The fourth-order valence-electron chi connectivity index (χ4n) is 1.79. The molecular weight excluding hydrogens is 316 g/mol. The number of rotatable bonds is 5. The zero-order valence-electron chi connectivity index (χ0n) is 13.0. The van der Waals surface area contributed by atoms with E-state index in [2.05, 4.69) is 15.3 Å². The number of hydrogen-bond acceptors (Lipinski definition) is 7. The zero-order chi connectivity index (χ0) is 17.7. The van der Waals surface area contributed by atoms with Gasteiger partial charge in [-0.05, 0) is 25.5 Å². The minimum absolute atomic E-state index is 0.0000774. The molecule has 0 atom stereocenters. The van der Waals surface area contributed by atoms with E-state index < -0.39 is 23.4 Å². The molecule has 0 saturated carbocycles. The van der Waals surface area contributed by atoms with Crippen LogP contribution in [0.25, 0.3) is 0 Å². The van der Waals surface area contributed by atoms with E-state index in [0.717, 1.165) is 0 Å². The standard InChI is InChI=1S/C15H14N4O5/c1-9-5-11(19(22)23)3-4-12(9)18-14(20)8-24-15(21)13-7-16-10(2)6-17-13/h3-7H,8H2,1-2H3,(H,18,20). The molecule has 0 aliphatic carbocycles. The molecule has 1 heterocycles. The molecule has 1 aromatic heterocycles. The summed E-state index contributed by atoms with van der Waals surface area (Å²) >= 11 is 0. The van der Waals surface area contributed by atoms with E-state index in [1.165, 1.54) is 30.6 Å². The Balaban J connectivity index is 1.92. The highest BCUT2D eigenvalue weighted by Gasteiger charge is 2.14. The van der Waals surface area contributed by atoms with Crippen LogP contribution in [0.5, 0.6) is 0 Å². The fourth-order valence-corrected chi connectivity index (χ4v) is 1.79. The zero-order valence-corrected chi connectivity index (χ0v) is 13.0. The van der Waals surface area contributed by atoms with Gasteiger partial charge in [0.1, 0.15) is 0 Å². The summed E-state index contributed by atoms with van der Waals surface area (Å²) in [6.45, 7) is 2.84. The summed E-state index contributed by atoms with van der Waals surface area (Å²) < 4.78 is 4.84. The van der Waals surface area contributed by atoms with Crippen LogP contribution in [0, 0.1) is 24.0 Å². The van der Waals surface area contributed by atoms with E-state index in [9.17, 15) is 19.7 Å². The number of aryl methyl sites for hydroxylation is 2. The van der Waals surface area contributed by atoms with Crippen molar-refractivity contribution in [2.75, 3.05) is 11.9 Å². The van der Waals surface area contributed by atoms with Gasteiger partial charge in [0.25, 0.3) is 11.6 Å². The van der Waals surface area contributed by atoms with Gasteiger partial charge in [0.2, 0.25) is 0 Å². The lowest BCUT2D eigenvalue weighted by Crippen LogP contribution is -2.21. The van der Waals surface area contributed by atoms with Crippen LogP contribution in [0.15, 0.2) is 30.6 Å². The largest absolute Gasteiger partial charge is 0.451 e. The van der Waals surface area contributed by atoms with Crippen LogP contribution in [0.2, 0.25) is 0 Å². The van der Waals surface area contributed by atoms with Crippen molar-refractivity contribution in [1.29, 1.82) is 0 Å². The summed E-state index contributed by atoms with van der Waals surface area (Å²) in [5.41, 5.74) is 1.50. The number of amides is 1. The summed E-state index contributed by atoms with van der Waals surface area (Å²) in [6.07, 6.45) is 2.67. The molecule has 1 amide bonds. The number of aromatic nitrogens is 2. The van der Waals surface area contributed by atoms with Gasteiger partial charge < -0.3 is 10.1 Å². The lowest BCUT2D eigenvalue weighted by Gasteiger charge is -2.08. The molecule has 1 N–H and O–H groups in total. The van der Waals surface area contributed by atoms with Crippen molar-refractivity contribution in [3.8, 4) is 0 Å². The first-order chi connectivity index (χ1) is 11.4. The Morgan fingerprint density at radius 2 is 2.00 bits per heavy atom. The van der Waals surface area contributed by atoms with E-state index in [0.29, 0.717) is 16.9 Å². The normalized spacial score (nSPS) is 10.1. The number of hydrogen-bond donors (Lipinski definition) is 1. The number of anilines is 1. The number of esters is 1. The summed E-state index contributed by atoms with van der Waals surface area (Å²) in [7, 11) is 0. The van der Waals surface area contributed by atoms with Crippen LogP contribution in [0.3, 0.4) is 0 Å². The molecule has 2 aromatic rings. The van der Waals surface area contributed by atoms with E-state index in [1.807, 2.05) is 0 Å². The third-order valence-electron chi connectivity index (χ3n) is 3.02. The van der Waals surface area contributed by atoms with Gasteiger partial charge in [0.05, 0.1) is 16.8 Å². The van der Waals surface area contributed by atoms with Gasteiger partial charge in [-0.15, -0.1) is 0 Å². The number of nitrogens with zero attached hydrogens (tertiary/aromatic N) is 3. The molecule has 24 heavy (non-hydrogen) atoms. The maximum atomic E-state index is 11.8. The number of nitrogens with one attached hydrogen (secondary N) is 1. The Bertz CT molecular complexity index is 789. The van der Waals surface area contributed by atoms with E-state index in [-0.39, 0.29) is 11.4 Å². The van der Waals surface area contributed by atoms with E-state index in [1.54, 1.807) is 13.8 Å². The van der Waals surface area contributed by atoms with Crippen molar-refractivity contribution < 1.29 is 19.2 Å². The number of non-ortho nitro benzene ring substituents is 1. The predicted molar refractivity (Wildman–Crippen MR) is 83.5 cm³/mol. The SMILES string of the molecule is Cc1cnc(C(=O)OCC(=O)Nc2ccc([N+](=O)[O-])cc2C)cn1. The minimum atomic E-state index is -0.766. The first-order valence-corrected chi connectivity index (χ1v) is 6.87. The molecule has 0 saturated heterocycles. The molecule has 0 unspecified atom stereocenters. The lowest BCUT2D eigenvalue weighted by molar-refractivity contribution is -0.384. The Morgan fingerprint density at radius 1 is 1.25 bits per heavy atom. The third-order valence-corrected chi connectivity index (χ3v) is 3.02. The van der Waals surface area contributed by atoms with Gasteiger partial charge in [0.15, 0.2) is 12.3 Å². The highest BCUT2D eigenvalue weighted by atomic mass is 16.6. The van der Waals surface area contributed by atoms with Gasteiger partial charge in [-0.1, -0.05) is 0 Å². The van der Waals surface area contributed by atoms with E-state index >= 15 is 0 Å². The van der Waals surface area contributed by atoms with Gasteiger partial charge in [-0.25, -0.2) is 9.78 Å². The summed E-state index contributed by atoms with van der Waals surface area (Å²) in [5.74, 6) is -1.33. The maximum absolute atomic E-state index is 11.8.